The summed E-state index contributed by atoms with van der Waals surface area (Å²) in [6.07, 6.45) is 1.31. The van der Waals surface area contributed by atoms with E-state index < -0.39 is 11.8 Å². The molecule has 0 aliphatic carbocycles. The number of aromatic nitrogens is 2. The zero-order valence-corrected chi connectivity index (χ0v) is 14.7. The van der Waals surface area contributed by atoms with Gasteiger partial charge < -0.3 is 4.74 Å². The molecule has 0 aliphatic rings. The molecule has 132 valence electrons. The van der Waals surface area contributed by atoms with E-state index in [1.807, 2.05) is 0 Å². The zero-order valence-electron chi connectivity index (χ0n) is 13.2. The zero-order chi connectivity index (χ0) is 18.5. The van der Waals surface area contributed by atoms with Crippen LogP contribution in [0.3, 0.4) is 0 Å². The Balaban J connectivity index is 1.71. The topological polar surface area (TPSA) is 52.1 Å². The van der Waals surface area contributed by atoms with Crippen LogP contribution in [-0.4, -0.2) is 15.9 Å². The molecule has 0 aliphatic heterocycles. The highest BCUT2D eigenvalue weighted by Crippen LogP contribution is 2.23. The summed E-state index contributed by atoms with van der Waals surface area (Å²) < 4.78 is 31.0. The normalized spacial score (nSPS) is 10.6. The molecule has 0 saturated heterocycles. The molecule has 8 heteroatoms. The summed E-state index contributed by atoms with van der Waals surface area (Å²) >= 11 is 7.25. The van der Waals surface area contributed by atoms with E-state index in [1.54, 1.807) is 12.1 Å². The second kappa shape index (κ2) is 8.25. The van der Waals surface area contributed by atoms with E-state index >= 15 is 0 Å². The summed E-state index contributed by atoms with van der Waals surface area (Å²) in [5, 5.41) is 0.369. The molecular formula is C18H11ClF2N2O2S. The first-order valence-electron chi connectivity index (χ1n) is 7.39. The Labute approximate surface area is 157 Å². The Kier molecular flexibility index (Phi) is 5.80. The quantitative estimate of drug-likeness (QED) is 0.267. The van der Waals surface area contributed by atoms with Crippen molar-refractivity contribution in [3.05, 3.63) is 82.6 Å². The van der Waals surface area contributed by atoms with E-state index in [-0.39, 0.29) is 22.3 Å². The minimum atomic E-state index is -0.771. The van der Waals surface area contributed by atoms with Crippen LogP contribution in [0.4, 0.5) is 8.78 Å². The first-order valence-corrected chi connectivity index (χ1v) is 8.75. The Morgan fingerprint density at radius 2 is 1.65 bits per heavy atom. The number of benzene rings is 2. The second-order valence-corrected chi connectivity index (χ2v) is 6.46. The van der Waals surface area contributed by atoms with Crippen LogP contribution >= 0.6 is 23.4 Å². The highest BCUT2D eigenvalue weighted by atomic mass is 35.5. The summed E-state index contributed by atoms with van der Waals surface area (Å²) in [5.74, 6) is -0.857. The molecule has 0 radical (unpaired) electrons. The van der Waals surface area contributed by atoms with Crippen molar-refractivity contribution < 1.29 is 18.3 Å². The van der Waals surface area contributed by atoms with Crippen LogP contribution in [0.25, 0.3) is 0 Å². The Morgan fingerprint density at radius 3 is 2.31 bits per heavy atom. The number of thioether (sulfide) groups is 1. The maximum Gasteiger partial charge on any atom is 0.364 e. The highest BCUT2D eigenvalue weighted by Gasteiger charge is 2.17. The monoisotopic (exact) mass is 392 g/mol. The number of rotatable bonds is 5. The van der Waals surface area contributed by atoms with Crippen molar-refractivity contribution in [3.8, 4) is 5.75 Å². The fourth-order valence-electron chi connectivity index (χ4n) is 1.95. The van der Waals surface area contributed by atoms with Gasteiger partial charge in [0.2, 0.25) is 0 Å². The predicted octanol–water partition coefficient (Wildman–Crippen LogP) is 4.92. The van der Waals surface area contributed by atoms with Crippen LogP contribution < -0.4 is 4.74 Å². The molecule has 0 unspecified atom stereocenters. The van der Waals surface area contributed by atoms with Gasteiger partial charge in [0, 0.05) is 5.75 Å². The van der Waals surface area contributed by atoms with Gasteiger partial charge in [-0.2, -0.15) is 0 Å². The molecule has 1 aromatic heterocycles. The molecule has 0 N–H and O–H groups in total. The van der Waals surface area contributed by atoms with Gasteiger partial charge in [-0.3, -0.25) is 0 Å². The van der Waals surface area contributed by atoms with Crippen molar-refractivity contribution in [1.29, 1.82) is 0 Å². The van der Waals surface area contributed by atoms with Gasteiger partial charge >= 0.3 is 5.97 Å². The standard InChI is InChI=1S/C18H11ClF2N2O2S/c19-15-9-22-18(26-10-11-1-3-12(20)4-2-11)23-16(15)17(24)25-14-7-5-13(21)6-8-14/h1-9H,10H2. The van der Waals surface area contributed by atoms with Crippen molar-refractivity contribution in [2.75, 3.05) is 0 Å². The molecule has 26 heavy (non-hydrogen) atoms. The second-order valence-electron chi connectivity index (χ2n) is 5.11. The summed E-state index contributed by atoms with van der Waals surface area (Å²) in [7, 11) is 0. The number of hydrogen-bond donors (Lipinski definition) is 0. The lowest BCUT2D eigenvalue weighted by molar-refractivity contribution is 0.0727. The molecular weight excluding hydrogens is 382 g/mol. The van der Waals surface area contributed by atoms with Gasteiger partial charge in [-0.25, -0.2) is 23.5 Å². The third-order valence-corrected chi connectivity index (χ3v) is 4.43. The number of nitrogens with zero attached hydrogens (tertiary/aromatic N) is 2. The molecule has 0 bridgehead atoms. The maximum atomic E-state index is 12.9. The van der Waals surface area contributed by atoms with E-state index in [2.05, 4.69) is 9.97 Å². The van der Waals surface area contributed by atoms with Crippen LogP contribution in [0, 0.1) is 11.6 Å². The number of esters is 1. The number of ether oxygens (including phenoxy) is 1. The minimum absolute atomic E-state index is 0.0447. The number of carbonyl (C=O) groups excluding carboxylic acids is 1. The molecule has 1 heterocycles. The van der Waals surface area contributed by atoms with Crippen molar-refractivity contribution >= 4 is 29.3 Å². The molecule has 0 fully saturated rings. The van der Waals surface area contributed by atoms with Crippen LogP contribution in [0.5, 0.6) is 5.75 Å². The largest absolute Gasteiger partial charge is 0.422 e. The van der Waals surface area contributed by atoms with Crippen LogP contribution in [0.2, 0.25) is 5.02 Å². The van der Waals surface area contributed by atoms with Crippen molar-refractivity contribution in [3.63, 3.8) is 0 Å². The van der Waals surface area contributed by atoms with E-state index in [0.717, 1.165) is 5.56 Å². The number of carbonyl (C=O) groups is 1. The predicted molar refractivity (Wildman–Crippen MR) is 94.4 cm³/mol. The van der Waals surface area contributed by atoms with Gasteiger partial charge in [0.05, 0.1) is 11.2 Å². The molecule has 2 aromatic carbocycles. The third kappa shape index (κ3) is 4.77. The van der Waals surface area contributed by atoms with Crippen LogP contribution in [0.15, 0.2) is 59.9 Å². The lowest BCUT2D eigenvalue weighted by Crippen LogP contribution is -2.12. The van der Waals surface area contributed by atoms with Gasteiger partial charge in [0.25, 0.3) is 0 Å². The van der Waals surface area contributed by atoms with Crippen molar-refractivity contribution in [2.24, 2.45) is 0 Å². The van der Waals surface area contributed by atoms with Gasteiger partial charge in [0.1, 0.15) is 17.4 Å². The maximum absolute atomic E-state index is 12.9. The first-order chi connectivity index (χ1) is 12.5. The summed E-state index contributed by atoms with van der Waals surface area (Å²) in [5.41, 5.74) is 0.790. The van der Waals surface area contributed by atoms with E-state index in [1.165, 1.54) is 54.4 Å². The molecule has 0 atom stereocenters. The van der Waals surface area contributed by atoms with Crippen molar-refractivity contribution in [2.45, 2.75) is 10.9 Å². The SMILES string of the molecule is O=C(Oc1ccc(F)cc1)c1nc(SCc2ccc(F)cc2)ncc1Cl. The van der Waals surface area contributed by atoms with E-state index in [9.17, 15) is 13.6 Å². The van der Waals surface area contributed by atoms with Crippen LogP contribution in [0.1, 0.15) is 16.1 Å². The van der Waals surface area contributed by atoms with Gasteiger partial charge in [-0.05, 0) is 42.0 Å². The fraction of sp³-hybridized carbons (Fsp3) is 0.0556. The summed E-state index contributed by atoms with van der Waals surface area (Å²) in [4.78, 5) is 20.4. The van der Waals surface area contributed by atoms with E-state index in [0.29, 0.717) is 10.9 Å². The van der Waals surface area contributed by atoms with E-state index in [4.69, 9.17) is 16.3 Å². The third-order valence-electron chi connectivity index (χ3n) is 3.22. The Bertz CT molecular complexity index is 921. The number of halogens is 3. The first kappa shape index (κ1) is 18.3. The average molecular weight is 393 g/mol. The average Bonchev–Trinajstić information content (AvgIpc) is 2.64. The molecule has 0 saturated carbocycles. The Morgan fingerprint density at radius 1 is 1.04 bits per heavy atom. The smallest absolute Gasteiger partial charge is 0.364 e. The Hall–Kier alpha value is -2.51. The van der Waals surface area contributed by atoms with Gasteiger partial charge in [-0.15, -0.1) is 0 Å². The lowest BCUT2D eigenvalue weighted by Gasteiger charge is -2.07. The molecule has 3 aromatic rings. The van der Waals surface area contributed by atoms with Gasteiger partial charge in [0.15, 0.2) is 10.9 Å². The summed E-state index contributed by atoms with van der Waals surface area (Å²) in [6, 6.07) is 11.0. The summed E-state index contributed by atoms with van der Waals surface area (Å²) in [6.45, 7) is 0. The lowest BCUT2D eigenvalue weighted by atomic mass is 10.2. The highest BCUT2D eigenvalue weighted by molar-refractivity contribution is 7.98. The molecule has 3 rings (SSSR count). The fourth-order valence-corrected chi connectivity index (χ4v) is 2.89. The number of hydrogen-bond acceptors (Lipinski definition) is 5. The minimum Gasteiger partial charge on any atom is -0.422 e. The molecule has 0 amide bonds. The molecule has 4 nitrogen and oxygen atoms in total. The molecule has 0 spiro atoms. The van der Waals surface area contributed by atoms with Gasteiger partial charge in [-0.1, -0.05) is 35.5 Å². The van der Waals surface area contributed by atoms with Crippen LogP contribution in [-0.2, 0) is 5.75 Å². The van der Waals surface area contributed by atoms with Crippen molar-refractivity contribution in [1.82, 2.24) is 9.97 Å².